The zero-order valence-corrected chi connectivity index (χ0v) is 16.0. The van der Waals surface area contributed by atoms with Gasteiger partial charge in [0.1, 0.15) is 5.75 Å². The zero-order chi connectivity index (χ0) is 17.6. The van der Waals surface area contributed by atoms with E-state index >= 15 is 0 Å². The van der Waals surface area contributed by atoms with E-state index in [1.54, 1.807) is 0 Å². The van der Waals surface area contributed by atoms with Gasteiger partial charge in [-0.2, -0.15) is 0 Å². The molecule has 25 heavy (non-hydrogen) atoms. The fourth-order valence-electron chi connectivity index (χ4n) is 3.38. The van der Waals surface area contributed by atoms with Crippen LogP contribution in [0.3, 0.4) is 0 Å². The van der Waals surface area contributed by atoms with Crippen LogP contribution in [0.4, 0.5) is 0 Å². The third-order valence-electron chi connectivity index (χ3n) is 4.48. The summed E-state index contributed by atoms with van der Waals surface area (Å²) >= 11 is 12.7. The fraction of sp³-hybridized carbons (Fsp3) is 0.400. The number of rotatable bonds is 5. The van der Waals surface area contributed by atoms with E-state index in [0.29, 0.717) is 16.7 Å². The number of hydrogen-bond acceptors (Lipinski definition) is 3. The zero-order valence-electron chi connectivity index (χ0n) is 14.5. The Hall–Kier alpha value is -1.26. The molecule has 3 rings (SSSR count). The van der Waals surface area contributed by atoms with Crippen molar-refractivity contribution in [3.05, 3.63) is 63.6 Å². The summed E-state index contributed by atoms with van der Waals surface area (Å²) in [5.41, 5.74) is 2.28. The van der Waals surface area contributed by atoms with Crippen LogP contribution >= 0.6 is 23.2 Å². The first-order valence-corrected chi connectivity index (χ1v) is 9.57. The van der Waals surface area contributed by atoms with Gasteiger partial charge in [0, 0.05) is 29.7 Å². The van der Waals surface area contributed by atoms with Gasteiger partial charge in [0.25, 0.3) is 0 Å². The van der Waals surface area contributed by atoms with Crippen molar-refractivity contribution in [2.75, 3.05) is 32.8 Å². The quantitative estimate of drug-likeness (QED) is 0.810. The van der Waals surface area contributed by atoms with E-state index in [-0.39, 0.29) is 6.04 Å². The lowest BCUT2D eigenvalue weighted by Crippen LogP contribution is -2.33. The Morgan fingerprint density at radius 3 is 2.80 bits per heavy atom. The van der Waals surface area contributed by atoms with Crippen LogP contribution in [0.15, 0.2) is 42.5 Å². The average molecular weight is 379 g/mol. The molecule has 2 aromatic carbocycles. The number of benzene rings is 2. The van der Waals surface area contributed by atoms with Crippen LogP contribution in [0, 0.1) is 0 Å². The van der Waals surface area contributed by atoms with Crippen molar-refractivity contribution in [3.63, 3.8) is 0 Å². The predicted molar refractivity (Wildman–Crippen MR) is 105 cm³/mol. The maximum Gasteiger partial charge on any atom is 0.119 e. The summed E-state index contributed by atoms with van der Waals surface area (Å²) in [6, 6.07) is 14.2. The first kappa shape index (κ1) is 18.5. The monoisotopic (exact) mass is 378 g/mol. The van der Waals surface area contributed by atoms with Crippen molar-refractivity contribution in [2.24, 2.45) is 0 Å². The Labute approximate surface area is 159 Å². The Morgan fingerprint density at radius 2 is 2.00 bits per heavy atom. The molecule has 0 spiro atoms. The third-order valence-corrected chi connectivity index (χ3v) is 5.04. The molecule has 0 radical (unpaired) electrons. The van der Waals surface area contributed by atoms with Crippen LogP contribution in [0.2, 0.25) is 10.0 Å². The van der Waals surface area contributed by atoms with Gasteiger partial charge < -0.3 is 10.1 Å². The predicted octanol–water partition coefficient (Wildman–Crippen LogP) is 4.78. The highest BCUT2D eigenvalue weighted by Crippen LogP contribution is 2.36. The SMILES string of the molecule is CCOc1cccc(C(c2ccc(Cl)cc2Cl)N2CCCNCC2)c1. The maximum absolute atomic E-state index is 6.58. The van der Waals surface area contributed by atoms with Crippen molar-refractivity contribution in [1.82, 2.24) is 10.2 Å². The van der Waals surface area contributed by atoms with Crippen LogP contribution in [0.5, 0.6) is 5.75 Å². The standard InChI is InChI=1S/C20H24Cl2N2O/c1-2-25-17-6-3-5-15(13-17)20(24-11-4-9-23-10-12-24)18-8-7-16(21)14-19(18)22/h3,5-8,13-14,20,23H,2,4,9-12H2,1H3. The minimum atomic E-state index is 0.0880. The molecule has 3 nitrogen and oxygen atoms in total. The second kappa shape index (κ2) is 8.91. The minimum absolute atomic E-state index is 0.0880. The number of halogens is 2. The van der Waals surface area contributed by atoms with E-state index < -0.39 is 0 Å². The second-order valence-corrected chi connectivity index (χ2v) is 7.06. The lowest BCUT2D eigenvalue weighted by atomic mass is 9.96. The number of nitrogens with one attached hydrogen (secondary N) is 1. The van der Waals surface area contributed by atoms with E-state index in [9.17, 15) is 0 Å². The Kier molecular flexibility index (Phi) is 6.60. The van der Waals surface area contributed by atoms with Gasteiger partial charge in [-0.1, -0.05) is 41.4 Å². The van der Waals surface area contributed by atoms with Crippen LogP contribution in [-0.4, -0.2) is 37.7 Å². The van der Waals surface area contributed by atoms with Crippen molar-refractivity contribution in [3.8, 4) is 5.75 Å². The molecule has 1 heterocycles. The number of nitrogens with zero attached hydrogens (tertiary/aromatic N) is 1. The van der Waals surface area contributed by atoms with Gasteiger partial charge in [-0.3, -0.25) is 4.90 Å². The molecule has 1 saturated heterocycles. The molecule has 0 bridgehead atoms. The van der Waals surface area contributed by atoms with Crippen LogP contribution in [-0.2, 0) is 0 Å². The molecule has 1 aliphatic rings. The fourth-order valence-corrected chi connectivity index (χ4v) is 3.89. The molecule has 0 amide bonds. The topological polar surface area (TPSA) is 24.5 Å². The Bertz CT molecular complexity index is 700. The maximum atomic E-state index is 6.58. The average Bonchev–Trinajstić information content (AvgIpc) is 2.87. The van der Waals surface area contributed by atoms with Gasteiger partial charge in [0.05, 0.1) is 12.6 Å². The van der Waals surface area contributed by atoms with E-state index in [1.807, 2.05) is 37.3 Å². The summed E-state index contributed by atoms with van der Waals surface area (Å²) in [4.78, 5) is 2.49. The molecule has 0 saturated carbocycles. The van der Waals surface area contributed by atoms with E-state index in [4.69, 9.17) is 27.9 Å². The molecule has 1 N–H and O–H groups in total. The number of ether oxygens (including phenoxy) is 1. The van der Waals surface area contributed by atoms with Gasteiger partial charge in [0.15, 0.2) is 0 Å². The van der Waals surface area contributed by atoms with Crippen LogP contribution in [0.25, 0.3) is 0 Å². The van der Waals surface area contributed by atoms with Crippen molar-refractivity contribution >= 4 is 23.2 Å². The lowest BCUT2D eigenvalue weighted by Gasteiger charge is -2.32. The van der Waals surface area contributed by atoms with Crippen molar-refractivity contribution in [2.45, 2.75) is 19.4 Å². The molecule has 2 aromatic rings. The van der Waals surface area contributed by atoms with Gasteiger partial charge in [-0.05, 0) is 55.3 Å². The van der Waals surface area contributed by atoms with Gasteiger partial charge in [0.2, 0.25) is 0 Å². The summed E-state index contributed by atoms with van der Waals surface area (Å²) < 4.78 is 5.71. The number of hydrogen-bond donors (Lipinski definition) is 1. The molecular weight excluding hydrogens is 355 g/mol. The van der Waals surface area contributed by atoms with Crippen LogP contribution in [0.1, 0.15) is 30.5 Å². The Morgan fingerprint density at radius 1 is 1.12 bits per heavy atom. The molecule has 1 unspecified atom stereocenters. The van der Waals surface area contributed by atoms with E-state index in [0.717, 1.165) is 43.9 Å². The molecule has 1 aliphatic heterocycles. The highest BCUT2D eigenvalue weighted by molar-refractivity contribution is 6.35. The molecule has 0 aliphatic carbocycles. The smallest absolute Gasteiger partial charge is 0.119 e. The largest absolute Gasteiger partial charge is 0.494 e. The summed E-state index contributed by atoms with van der Waals surface area (Å²) in [5.74, 6) is 0.892. The third kappa shape index (κ3) is 4.68. The molecular formula is C20H24Cl2N2O. The molecule has 5 heteroatoms. The summed E-state index contributed by atoms with van der Waals surface area (Å²) in [5, 5.41) is 4.84. The summed E-state index contributed by atoms with van der Waals surface area (Å²) in [6.07, 6.45) is 1.12. The van der Waals surface area contributed by atoms with Crippen molar-refractivity contribution < 1.29 is 4.74 Å². The van der Waals surface area contributed by atoms with Gasteiger partial charge >= 0.3 is 0 Å². The van der Waals surface area contributed by atoms with Crippen molar-refractivity contribution in [1.29, 1.82) is 0 Å². The summed E-state index contributed by atoms with van der Waals surface area (Å²) in [6.45, 7) is 6.69. The van der Waals surface area contributed by atoms with E-state index in [1.165, 1.54) is 5.56 Å². The van der Waals surface area contributed by atoms with E-state index in [2.05, 4.69) is 22.3 Å². The minimum Gasteiger partial charge on any atom is -0.494 e. The highest BCUT2D eigenvalue weighted by atomic mass is 35.5. The Balaban J connectivity index is 2.03. The molecule has 134 valence electrons. The summed E-state index contributed by atoms with van der Waals surface area (Å²) in [7, 11) is 0. The van der Waals surface area contributed by atoms with Gasteiger partial charge in [-0.25, -0.2) is 0 Å². The highest BCUT2D eigenvalue weighted by Gasteiger charge is 2.25. The molecule has 1 fully saturated rings. The molecule has 0 aromatic heterocycles. The van der Waals surface area contributed by atoms with Crippen LogP contribution < -0.4 is 10.1 Å². The first-order chi connectivity index (χ1) is 12.2. The second-order valence-electron chi connectivity index (χ2n) is 6.21. The molecule has 1 atom stereocenters. The first-order valence-electron chi connectivity index (χ1n) is 8.81. The van der Waals surface area contributed by atoms with Gasteiger partial charge in [-0.15, -0.1) is 0 Å². The normalized spacial score (nSPS) is 17.1. The lowest BCUT2D eigenvalue weighted by molar-refractivity contribution is 0.240.